The third-order valence-electron chi connectivity index (χ3n) is 2.51. The highest BCUT2D eigenvalue weighted by Crippen LogP contribution is 2.18. The zero-order chi connectivity index (χ0) is 13.1. The van der Waals surface area contributed by atoms with Crippen molar-refractivity contribution in [2.45, 2.75) is 6.42 Å². The SMILES string of the molecule is O=C(Cc1cccc(O)c1)c1ccc(Cl)cc1F. The highest BCUT2D eigenvalue weighted by molar-refractivity contribution is 6.30. The van der Waals surface area contributed by atoms with E-state index in [9.17, 15) is 14.3 Å². The van der Waals surface area contributed by atoms with Crippen molar-refractivity contribution in [3.8, 4) is 5.75 Å². The lowest BCUT2D eigenvalue weighted by Crippen LogP contribution is -2.06. The number of aromatic hydroxyl groups is 1. The summed E-state index contributed by atoms with van der Waals surface area (Å²) in [6.07, 6.45) is 0.0347. The Morgan fingerprint density at radius 2 is 2.00 bits per heavy atom. The number of Topliss-reactive ketones (excluding diaryl/α,β-unsaturated/α-hetero) is 1. The highest BCUT2D eigenvalue weighted by Gasteiger charge is 2.12. The molecule has 18 heavy (non-hydrogen) atoms. The van der Waals surface area contributed by atoms with Gasteiger partial charge in [0.1, 0.15) is 11.6 Å². The van der Waals surface area contributed by atoms with Crippen LogP contribution in [0.2, 0.25) is 5.02 Å². The summed E-state index contributed by atoms with van der Waals surface area (Å²) in [5.74, 6) is -0.903. The van der Waals surface area contributed by atoms with E-state index >= 15 is 0 Å². The summed E-state index contributed by atoms with van der Waals surface area (Å²) in [6.45, 7) is 0. The van der Waals surface area contributed by atoms with Crippen molar-refractivity contribution < 1.29 is 14.3 Å². The lowest BCUT2D eigenvalue weighted by Gasteiger charge is -2.04. The molecule has 92 valence electrons. The number of phenolic OH excluding ortho intramolecular Hbond substituents is 1. The second-order valence-corrected chi connectivity index (χ2v) is 4.33. The van der Waals surface area contributed by atoms with Gasteiger partial charge in [0.25, 0.3) is 0 Å². The molecule has 0 saturated heterocycles. The van der Waals surface area contributed by atoms with Gasteiger partial charge in [-0.3, -0.25) is 4.79 Å². The third kappa shape index (κ3) is 2.87. The minimum atomic E-state index is -0.632. The van der Waals surface area contributed by atoms with Gasteiger partial charge in [-0.05, 0) is 35.9 Å². The first kappa shape index (κ1) is 12.6. The van der Waals surface area contributed by atoms with Crippen molar-refractivity contribution >= 4 is 17.4 Å². The number of carbonyl (C=O) groups excluding carboxylic acids is 1. The normalized spacial score (nSPS) is 10.3. The van der Waals surface area contributed by atoms with Gasteiger partial charge >= 0.3 is 0 Å². The van der Waals surface area contributed by atoms with E-state index in [-0.39, 0.29) is 28.5 Å². The van der Waals surface area contributed by atoms with Gasteiger partial charge in [0.2, 0.25) is 0 Å². The molecule has 0 bridgehead atoms. The maximum Gasteiger partial charge on any atom is 0.170 e. The van der Waals surface area contributed by atoms with Crippen LogP contribution in [-0.4, -0.2) is 10.9 Å². The van der Waals surface area contributed by atoms with Crippen LogP contribution in [0.25, 0.3) is 0 Å². The van der Waals surface area contributed by atoms with E-state index in [0.717, 1.165) is 6.07 Å². The van der Waals surface area contributed by atoms with Gasteiger partial charge in [-0.15, -0.1) is 0 Å². The maximum atomic E-state index is 13.5. The molecule has 0 aromatic heterocycles. The van der Waals surface area contributed by atoms with Crippen LogP contribution < -0.4 is 0 Å². The summed E-state index contributed by atoms with van der Waals surface area (Å²) in [5.41, 5.74) is 0.636. The number of phenols is 1. The molecule has 0 aliphatic heterocycles. The fraction of sp³-hybridized carbons (Fsp3) is 0.0714. The topological polar surface area (TPSA) is 37.3 Å². The van der Waals surface area contributed by atoms with Crippen LogP contribution in [-0.2, 0) is 6.42 Å². The number of rotatable bonds is 3. The first-order valence-electron chi connectivity index (χ1n) is 5.32. The smallest absolute Gasteiger partial charge is 0.170 e. The molecule has 0 saturated carbocycles. The number of benzene rings is 2. The van der Waals surface area contributed by atoms with Gasteiger partial charge < -0.3 is 5.11 Å². The van der Waals surface area contributed by atoms with Gasteiger partial charge in [-0.25, -0.2) is 4.39 Å². The van der Waals surface area contributed by atoms with Crippen LogP contribution >= 0.6 is 11.6 Å². The van der Waals surface area contributed by atoms with Gasteiger partial charge in [0.05, 0.1) is 5.56 Å². The highest BCUT2D eigenvalue weighted by atomic mass is 35.5. The van der Waals surface area contributed by atoms with E-state index in [1.165, 1.54) is 24.3 Å². The van der Waals surface area contributed by atoms with Crippen LogP contribution in [0.5, 0.6) is 5.75 Å². The minimum absolute atomic E-state index is 0.00254. The zero-order valence-corrected chi connectivity index (χ0v) is 10.1. The molecular weight excluding hydrogens is 255 g/mol. The zero-order valence-electron chi connectivity index (χ0n) is 9.36. The lowest BCUT2D eigenvalue weighted by molar-refractivity contribution is 0.0989. The summed E-state index contributed by atoms with van der Waals surface area (Å²) in [4.78, 5) is 11.9. The minimum Gasteiger partial charge on any atom is -0.508 e. The largest absolute Gasteiger partial charge is 0.508 e. The first-order valence-corrected chi connectivity index (χ1v) is 5.70. The summed E-state index contributed by atoms with van der Waals surface area (Å²) in [6, 6.07) is 10.3. The molecule has 2 aromatic rings. The molecule has 0 atom stereocenters. The maximum absolute atomic E-state index is 13.5. The summed E-state index contributed by atoms with van der Waals surface area (Å²) < 4.78 is 13.5. The second-order valence-electron chi connectivity index (χ2n) is 3.89. The summed E-state index contributed by atoms with van der Waals surface area (Å²) in [5, 5.41) is 9.54. The number of carbonyl (C=O) groups is 1. The van der Waals surface area contributed by atoms with Crippen LogP contribution in [0.1, 0.15) is 15.9 Å². The Hall–Kier alpha value is -1.87. The third-order valence-corrected chi connectivity index (χ3v) is 2.74. The van der Waals surface area contributed by atoms with E-state index in [1.54, 1.807) is 12.1 Å². The average Bonchev–Trinajstić information content (AvgIpc) is 2.28. The predicted octanol–water partition coefficient (Wildman–Crippen LogP) is 3.61. The van der Waals surface area contributed by atoms with Gasteiger partial charge in [0.15, 0.2) is 5.78 Å². The number of halogens is 2. The molecule has 0 radical (unpaired) electrons. The monoisotopic (exact) mass is 264 g/mol. The fourth-order valence-corrected chi connectivity index (χ4v) is 1.82. The molecule has 4 heteroatoms. The number of hydrogen-bond acceptors (Lipinski definition) is 2. The molecule has 0 aliphatic rings. The van der Waals surface area contributed by atoms with Crippen LogP contribution in [0.15, 0.2) is 42.5 Å². The Morgan fingerprint density at radius 3 is 2.67 bits per heavy atom. The molecule has 0 aliphatic carbocycles. The predicted molar refractivity (Wildman–Crippen MR) is 67.6 cm³/mol. The van der Waals surface area contributed by atoms with Crippen LogP contribution in [0, 0.1) is 5.82 Å². The first-order chi connectivity index (χ1) is 8.56. The Labute approximate surface area is 109 Å². The van der Waals surface area contributed by atoms with Crippen molar-refractivity contribution in [3.63, 3.8) is 0 Å². The quantitative estimate of drug-likeness (QED) is 0.860. The molecule has 0 heterocycles. The summed E-state index contributed by atoms with van der Waals surface area (Å²) >= 11 is 5.62. The van der Waals surface area contributed by atoms with Gasteiger partial charge in [0, 0.05) is 11.4 Å². The molecule has 0 fully saturated rings. The van der Waals surface area contributed by atoms with E-state index < -0.39 is 5.82 Å². The van der Waals surface area contributed by atoms with E-state index in [2.05, 4.69) is 0 Å². The van der Waals surface area contributed by atoms with Crippen molar-refractivity contribution in [1.29, 1.82) is 0 Å². The standard InChI is InChI=1S/C14H10ClFO2/c15-10-4-5-12(13(16)8-10)14(18)7-9-2-1-3-11(17)6-9/h1-6,8,17H,7H2. The molecule has 2 rings (SSSR count). The van der Waals surface area contributed by atoms with Crippen molar-refractivity contribution in [2.75, 3.05) is 0 Å². The van der Waals surface area contributed by atoms with E-state index in [1.807, 2.05) is 0 Å². The Balaban J connectivity index is 2.22. The molecule has 0 spiro atoms. The molecule has 0 unspecified atom stereocenters. The van der Waals surface area contributed by atoms with Gasteiger partial charge in [-0.2, -0.15) is 0 Å². The molecule has 1 N–H and O–H groups in total. The van der Waals surface area contributed by atoms with Crippen molar-refractivity contribution in [2.24, 2.45) is 0 Å². The van der Waals surface area contributed by atoms with Crippen molar-refractivity contribution in [1.82, 2.24) is 0 Å². The van der Waals surface area contributed by atoms with E-state index in [4.69, 9.17) is 11.6 Å². The Bertz CT molecular complexity index is 596. The van der Waals surface area contributed by atoms with Crippen LogP contribution in [0.4, 0.5) is 4.39 Å². The van der Waals surface area contributed by atoms with Crippen molar-refractivity contribution in [3.05, 3.63) is 64.4 Å². The second kappa shape index (κ2) is 5.19. The molecule has 0 amide bonds. The summed E-state index contributed by atoms with van der Waals surface area (Å²) in [7, 11) is 0. The van der Waals surface area contributed by atoms with Gasteiger partial charge in [-0.1, -0.05) is 23.7 Å². The average molecular weight is 265 g/mol. The Morgan fingerprint density at radius 1 is 1.22 bits per heavy atom. The molecule has 2 nitrogen and oxygen atoms in total. The van der Waals surface area contributed by atoms with Crippen LogP contribution in [0.3, 0.4) is 0 Å². The number of hydrogen-bond donors (Lipinski definition) is 1. The number of ketones is 1. The molecule has 2 aromatic carbocycles. The van der Waals surface area contributed by atoms with E-state index in [0.29, 0.717) is 5.56 Å². The molecular formula is C14H10ClFO2. The Kier molecular flexibility index (Phi) is 3.63. The fourth-order valence-electron chi connectivity index (χ4n) is 1.66. The lowest BCUT2D eigenvalue weighted by atomic mass is 10.0.